The Morgan fingerprint density at radius 1 is 1.67 bits per heavy atom. The summed E-state index contributed by atoms with van der Waals surface area (Å²) in [5.74, 6) is 1.25. The number of aromatic amines is 1. The van der Waals surface area contributed by atoms with E-state index < -0.39 is 0 Å². The summed E-state index contributed by atoms with van der Waals surface area (Å²) in [5.41, 5.74) is 1.09. The van der Waals surface area contributed by atoms with Gasteiger partial charge in [-0.05, 0) is 19.8 Å². The normalized spacial score (nSPS) is 25.6. The smallest absolute Gasteiger partial charge is 0.309 e. The van der Waals surface area contributed by atoms with E-state index in [4.69, 9.17) is 4.74 Å². The number of cyclic esters (lactones) is 1. The van der Waals surface area contributed by atoms with E-state index >= 15 is 0 Å². The summed E-state index contributed by atoms with van der Waals surface area (Å²) in [7, 11) is 0. The average Bonchev–Trinajstić information content (AvgIpc) is 2.75. The van der Waals surface area contributed by atoms with E-state index in [9.17, 15) is 4.79 Å². The fourth-order valence-electron chi connectivity index (χ4n) is 2.16. The Kier molecular flexibility index (Phi) is 2.75. The molecule has 82 valence electrons. The lowest BCUT2D eigenvalue weighted by Crippen LogP contribution is -2.17. The van der Waals surface area contributed by atoms with Crippen LogP contribution in [-0.4, -0.2) is 22.5 Å². The largest absolute Gasteiger partial charge is 0.465 e. The molecule has 0 bridgehead atoms. The molecule has 0 radical (unpaired) electrons. The zero-order chi connectivity index (χ0) is 10.8. The monoisotopic (exact) mass is 208 g/mol. The molecule has 15 heavy (non-hydrogen) atoms. The molecule has 1 aromatic rings. The third kappa shape index (κ3) is 2.03. The molecule has 2 unspecified atom stereocenters. The number of H-pyrrole nitrogens is 1. The molecule has 1 aliphatic rings. The fourth-order valence-corrected chi connectivity index (χ4v) is 2.16. The minimum absolute atomic E-state index is 0.0428. The molecule has 0 amide bonds. The number of esters is 1. The van der Waals surface area contributed by atoms with Crippen molar-refractivity contribution in [2.75, 3.05) is 6.61 Å². The van der Waals surface area contributed by atoms with Gasteiger partial charge >= 0.3 is 5.97 Å². The van der Waals surface area contributed by atoms with Crippen LogP contribution in [-0.2, 0) is 16.0 Å². The zero-order valence-electron chi connectivity index (χ0n) is 9.12. The summed E-state index contributed by atoms with van der Waals surface area (Å²) in [6.07, 6.45) is 3.55. The Morgan fingerprint density at radius 3 is 3.07 bits per heavy atom. The first kappa shape index (κ1) is 10.2. The van der Waals surface area contributed by atoms with Gasteiger partial charge in [0.1, 0.15) is 5.82 Å². The van der Waals surface area contributed by atoms with Gasteiger partial charge in [-0.25, -0.2) is 4.98 Å². The quantitative estimate of drug-likeness (QED) is 0.765. The molecule has 1 fully saturated rings. The highest BCUT2D eigenvalue weighted by molar-refractivity contribution is 5.74. The van der Waals surface area contributed by atoms with E-state index in [2.05, 4.69) is 9.97 Å². The van der Waals surface area contributed by atoms with Gasteiger partial charge in [-0.15, -0.1) is 0 Å². The van der Waals surface area contributed by atoms with Crippen molar-refractivity contribution in [2.24, 2.45) is 11.8 Å². The SMILES string of the molecule is CCC1C(=O)OCC1Cc1cnc(C)[nH]1. The first-order chi connectivity index (χ1) is 7.20. The molecule has 1 saturated heterocycles. The van der Waals surface area contributed by atoms with Gasteiger partial charge in [0.05, 0.1) is 12.5 Å². The van der Waals surface area contributed by atoms with Crippen LogP contribution in [0.15, 0.2) is 6.20 Å². The molecule has 1 N–H and O–H groups in total. The van der Waals surface area contributed by atoms with Crippen LogP contribution in [0.1, 0.15) is 24.9 Å². The molecule has 0 saturated carbocycles. The highest BCUT2D eigenvalue weighted by atomic mass is 16.5. The second-order valence-corrected chi connectivity index (χ2v) is 4.10. The van der Waals surface area contributed by atoms with E-state index in [1.807, 2.05) is 20.0 Å². The molecular weight excluding hydrogens is 192 g/mol. The van der Waals surface area contributed by atoms with Crippen LogP contribution in [0.4, 0.5) is 0 Å². The Labute approximate surface area is 89.0 Å². The van der Waals surface area contributed by atoms with Crippen LogP contribution in [0, 0.1) is 18.8 Å². The molecule has 2 atom stereocenters. The van der Waals surface area contributed by atoms with Gasteiger partial charge in [-0.1, -0.05) is 6.92 Å². The molecule has 1 aromatic heterocycles. The van der Waals surface area contributed by atoms with Gasteiger partial charge in [0.15, 0.2) is 0 Å². The maximum absolute atomic E-state index is 11.4. The van der Waals surface area contributed by atoms with Crippen molar-refractivity contribution in [2.45, 2.75) is 26.7 Å². The molecule has 4 heteroatoms. The number of hydrogen-bond donors (Lipinski definition) is 1. The predicted molar refractivity (Wildman–Crippen MR) is 55.3 cm³/mol. The van der Waals surface area contributed by atoms with Crippen molar-refractivity contribution >= 4 is 5.97 Å². The summed E-state index contributed by atoms with van der Waals surface area (Å²) in [5, 5.41) is 0. The predicted octanol–water partition coefficient (Wildman–Crippen LogP) is 1.46. The van der Waals surface area contributed by atoms with Crippen molar-refractivity contribution in [1.82, 2.24) is 9.97 Å². The second kappa shape index (κ2) is 4.04. The van der Waals surface area contributed by atoms with Gasteiger partial charge in [-0.2, -0.15) is 0 Å². The van der Waals surface area contributed by atoms with Crippen LogP contribution in [0.5, 0.6) is 0 Å². The molecule has 0 spiro atoms. The standard InChI is InChI=1S/C11H16N2O2/c1-3-10-8(6-15-11(10)14)4-9-5-12-7(2)13-9/h5,8,10H,3-4,6H2,1-2H3,(H,12,13). The Bertz CT molecular complexity index is 359. The van der Waals surface area contributed by atoms with E-state index in [0.717, 1.165) is 24.4 Å². The van der Waals surface area contributed by atoms with Crippen LogP contribution in [0.25, 0.3) is 0 Å². The molecule has 2 rings (SSSR count). The number of carbonyl (C=O) groups is 1. The topological polar surface area (TPSA) is 55.0 Å². The Morgan fingerprint density at radius 2 is 2.47 bits per heavy atom. The van der Waals surface area contributed by atoms with E-state index in [0.29, 0.717) is 12.5 Å². The number of aryl methyl sites for hydroxylation is 1. The third-order valence-electron chi connectivity index (χ3n) is 2.99. The third-order valence-corrected chi connectivity index (χ3v) is 2.99. The second-order valence-electron chi connectivity index (χ2n) is 4.10. The summed E-state index contributed by atoms with van der Waals surface area (Å²) in [6.45, 7) is 4.51. The highest BCUT2D eigenvalue weighted by Crippen LogP contribution is 2.27. The summed E-state index contributed by atoms with van der Waals surface area (Å²) >= 11 is 0. The summed E-state index contributed by atoms with van der Waals surface area (Å²) in [6, 6.07) is 0. The lowest BCUT2D eigenvalue weighted by Gasteiger charge is -2.11. The van der Waals surface area contributed by atoms with Crippen LogP contribution >= 0.6 is 0 Å². The minimum Gasteiger partial charge on any atom is -0.465 e. The molecule has 4 nitrogen and oxygen atoms in total. The number of nitrogens with one attached hydrogen (secondary N) is 1. The van der Waals surface area contributed by atoms with Crippen LogP contribution in [0.3, 0.4) is 0 Å². The van der Waals surface area contributed by atoms with Crippen LogP contribution in [0.2, 0.25) is 0 Å². The average molecular weight is 208 g/mol. The van der Waals surface area contributed by atoms with E-state index in [1.54, 1.807) is 0 Å². The zero-order valence-corrected chi connectivity index (χ0v) is 9.12. The Hall–Kier alpha value is -1.32. The number of ether oxygens (including phenoxy) is 1. The van der Waals surface area contributed by atoms with E-state index in [-0.39, 0.29) is 11.9 Å². The molecule has 2 heterocycles. The number of imidazole rings is 1. The van der Waals surface area contributed by atoms with Crippen molar-refractivity contribution < 1.29 is 9.53 Å². The summed E-state index contributed by atoms with van der Waals surface area (Å²) in [4.78, 5) is 18.7. The first-order valence-electron chi connectivity index (χ1n) is 5.37. The van der Waals surface area contributed by atoms with Crippen molar-refractivity contribution in [3.63, 3.8) is 0 Å². The van der Waals surface area contributed by atoms with Gasteiger partial charge in [0, 0.05) is 17.8 Å². The number of nitrogens with zero attached hydrogens (tertiary/aromatic N) is 1. The number of hydrogen-bond acceptors (Lipinski definition) is 3. The molecular formula is C11H16N2O2. The molecule has 1 aliphatic heterocycles. The van der Waals surface area contributed by atoms with Gasteiger partial charge < -0.3 is 9.72 Å². The van der Waals surface area contributed by atoms with E-state index in [1.165, 1.54) is 0 Å². The van der Waals surface area contributed by atoms with Gasteiger partial charge in [0.2, 0.25) is 0 Å². The fraction of sp³-hybridized carbons (Fsp3) is 0.636. The number of rotatable bonds is 3. The van der Waals surface area contributed by atoms with Gasteiger partial charge in [0.25, 0.3) is 0 Å². The van der Waals surface area contributed by atoms with Crippen LogP contribution < -0.4 is 0 Å². The minimum atomic E-state index is -0.0428. The lowest BCUT2D eigenvalue weighted by atomic mass is 9.89. The first-order valence-corrected chi connectivity index (χ1v) is 5.37. The maximum Gasteiger partial charge on any atom is 0.309 e. The maximum atomic E-state index is 11.4. The number of carbonyl (C=O) groups excluding carboxylic acids is 1. The lowest BCUT2D eigenvalue weighted by molar-refractivity contribution is -0.141. The molecule has 0 aromatic carbocycles. The highest BCUT2D eigenvalue weighted by Gasteiger charge is 2.35. The van der Waals surface area contributed by atoms with Crippen molar-refractivity contribution in [3.8, 4) is 0 Å². The summed E-state index contributed by atoms with van der Waals surface area (Å²) < 4.78 is 5.07. The Balaban J connectivity index is 2.03. The number of aromatic nitrogens is 2. The molecule has 0 aliphatic carbocycles. The van der Waals surface area contributed by atoms with Gasteiger partial charge in [-0.3, -0.25) is 4.79 Å². The van der Waals surface area contributed by atoms with Crippen molar-refractivity contribution in [3.05, 3.63) is 17.7 Å². The van der Waals surface area contributed by atoms with Crippen molar-refractivity contribution in [1.29, 1.82) is 0 Å².